The Bertz CT molecular complexity index is 883. The van der Waals surface area contributed by atoms with Crippen LogP contribution < -0.4 is 10.1 Å². The molecular weight excluding hydrogens is 348 g/mol. The molecule has 136 valence electrons. The van der Waals surface area contributed by atoms with E-state index in [9.17, 15) is 4.79 Å². The van der Waals surface area contributed by atoms with Crippen LogP contribution >= 0.6 is 11.3 Å². The van der Waals surface area contributed by atoms with Crippen molar-refractivity contribution in [2.45, 2.75) is 33.2 Å². The smallest absolute Gasteiger partial charge is 0.227 e. The van der Waals surface area contributed by atoms with Crippen molar-refractivity contribution >= 4 is 22.4 Å². The van der Waals surface area contributed by atoms with Crippen LogP contribution in [0, 0.1) is 6.92 Å². The van der Waals surface area contributed by atoms with Crippen molar-refractivity contribution in [3.8, 4) is 17.0 Å². The number of aryl methyl sites for hydroxylation is 3. The molecule has 0 atom stereocenters. The van der Waals surface area contributed by atoms with Crippen LogP contribution in [0.1, 0.15) is 24.0 Å². The molecule has 1 amide bonds. The van der Waals surface area contributed by atoms with Gasteiger partial charge in [0.05, 0.1) is 12.8 Å². The zero-order valence-electron chi connectivity index (χ0n) is 15.2. The highest BCUT2D eigenvalue weighted by Crippen LogP contribution is 2.32. The fourth-order valence-electron chi connectivity index (χ4n) is 2.66. The number of carbonyl (C=O) groups excluding carboxylic acids is 1. The van der Waals surface area contributed by atoms with Crippen molar-refractivity contribution in [2.24, 2.45) is 0 Å². The fourth-order valence-corrected chi connectivity index (χ4v) is 3.60. The Morgan fingerprint density at radius 3 is 2.69 bits per heavy atom. The van der Waals surface area contributed by atoms with E-state index in [0.29, 0.717) is 18.1 Å². The van der Waals surface area contributed by atoms with Crippen LogP contribution in [0.25, 0.3) is 11.3 Å². The van der Waals surface area contributed by atoms with Gasteiger partial charge in [-0.2, -0.15) is 0 Å². The Balaban J connectivity index is 1.69. The topological polar surface area (TPSA) is 69.0 Å². The molecule has 26 heavy (non-hydrogen) atoms. The summed E-state index contributed by atoms with van der Waals surface area (Å²) in [6.45, 7) is 4.62. The largest absolute Gasteiger partial charge is 0.497 e. The number of aromatic nitrogens is 3. The molecular formula is C19H22N4O2S. The Morgan fingerprint density at radius 2 is 2.08 bits per heavy atom. The number of anilines is 1. The number of benzene rings is 1. The molecule has 1 N–H and O–H groups in total. The SMILES string of the molecule is CCc1sc(NC(=O)CCn2ccnc2C)nc1-c1ccc(OC)cc1. The minimum atomic E-state index is -0.0456. The number of hydrogen-bond donors (Lipinski definition) is 1. The summed E-state index contributed by atoms with van der Waals surface area (Å²) in [5, 5.41) is 3.56. The van der Waals surface area contributed by atoms with Crippen LogP contribution in [-0.4, -0.2) is 27.6 Å². The Morgan fingerprint density at radius 1 is 1.31 bits per heavy atom. The van der Waals surface area contributed by atoms with Crippen molar-refractivity contribution in [3.05, 3.63) is 47.4 Å². The van der Waals surface area contributed by atoms with E-state index in [2.05, 4.69) is 22.2 Å². The average molecular weight is 370 g/mol. The molecule has 0 aliphatic rings. The van der Waals surface area contributed by atoms with E-state index in [1.165, 1.54) is 11.3 Å². The second-order valence-electron chi connectivity index (χ2n) is 5.84. The first kappa shape index (κ1) is 18.1. The second kappa shape index (κ2) is 8.14. The van der Waals surface area contributed by atoms with E-state index in [1.807, 2.05) is 42.0 Å². The van der Waals surface area contributed by atoms with Gasteiger partial charge in [0.25, 0.3) is 0 Å². The van der Waals surface area contributed by atoms with Gasteiger partial charge in [-0.15, -0.1) is 11.3 Å². The zero-order valence-corrected chi connectivity index (χ0v) is 16.0. The minimum Gasteiger partial charge on any atom is -0.497 e. The summed E-state index contributed by atoms with van der Waals surface area (Å²) in [7, 11) is 1.65. The van der Waals surface area contributed by atoms with E-state index in [4.69, 9.17) is 4.74 Å². The average Bonchev–Trinajstić information content (AvgIpc) is 3.25. The van der Waals surface area contributed by atoms with Crippen LogP contribution in [0.5, 0.6) is 5.75 Å². The fraction of sp³-hybridized carbons (Fsp3) is 0.316. The van der Waals surface area contributed by atoms with E-state index >= 15 is 0 Å². The number of methoxy groups -OCH3 is 1. The highest BCUT2D eigenvalue weighted by atomic mass is 32.1. The highest BCUT2D eigenvalue weighted by Gasteiger charge is 2.14. The number of nitrogens with zero attached hydrogens (tertiary/aromatic N) is 3. The lowest BCUT2D eigenvalue weighted by molar-refractivity contribution is -0.116. The second-order valence-corrected chi connectivity index (χ2v) is 6.92. The quantitative estimate of drug-likeness (QED) is 0.684. The van der Waals surface area contributed by atoms with E-state index < -0.39 is 0 Å². The maximum atomic E-state index is 12.3. The van der Waals surface area contributed by atoms with Gasteiger partial charge in [-0.1, -0.05) is 6.92 Å². The van der Waals surface area contributed by atoms with E-state index in [0.717, 1.165) is 34.1 Å². The minimum absolute atomic E-state index is 0.0456. The Hall–Kier alpha value is -2.67. The molecule has 0 fully saturated rings. The molecule has 3 aromatic rings. The van der Waals surface area contributed by atoms with Gasteiger partial charge >= 0.3 is 0 Å². The highest BCUT2D eigenvalue weighted by molar-refractivity contribution is 7.16. The molecule has 1 aromatic carbocycles. The molecule has 2 heterocycles. The van der Waals surface area contributed by atoms with Gasteiger partial charge in [-0.3, -0.25) is 4.79 Å². The third-order valence-electron chi connectivity index (χ3n) is 4.13. The van der Waals surface area contributed by atoms with Crippen LogP contribution in [0.2, 0.25) is 0 Å². The Labute approximate surface area is 156 Å². The van der Waals surface area contributed by atoms with Gasteiger partial charge in [-0.05, 0) is 37.6 Å². The first-order chi connectivity index (χ1) is 12.6. The van der Waals surface area contributed by atoms with Gasteiger partial charge in [0.1, 0.15) is 11.6 Å². The molecule has 7 heteroatoms. The lowest BCUT2D eigenvalue weighted by atomic mass is 10.1. The normalized spacial score (nSPS) is 10.7. The molecule has 0 saturated carbocycles. The van der Waals surface area contributed by atoms with Crippen LogP contribution in [0.4, 0.5) is 5.13 Å². The maximum absolute atomic E-state index is 12.3. The lowest BCUT2D eigenvalue weighted by Crippen LogP contribution is -2.14. The number of amides is 1. The number of carbonyl (C=O) groups is 1. The summed E-state index contributed by atoms with van der Waals surface area (Å²) < 4.78 is 7.16. The van der Waals surface area contributed by atoms with Crippen LogP contribution in [0.3, 0.4) is 0 Å². The van der Waals surface area contributed by atoms with Crippen LogP contribution in [0.15, 0.2) is 36.7 Å². The number of rotatable bonds is 7. The van der Waals surface area contributed by atoms with Gasteiger partial charge < -0.3 is 14.6 Å². The molecule has 0 bridgehead atoms. The number of hydrogen-bond acceptors (Lipinski definition) is 5. The molecule has 0 aliphatic heterocycles. The molecule has 0 spiro atoms. The van der Waals surface area contributed by atoms with Gasteiger partial charge in [0.15, 0.2) is 5.13 Å². The summed E-state index contributed by atoms with van der Waals surface area (Å²) in [5.41, 5.74) is 1.94. The molecule has 0 unspecified atom stereocenters. The standard InChI is InChI=1S/C19H22N4O2S/c1-4-16-18(14-5-7-15(25-3)8-6-14)22-19(26-16)21-17(24)9-11-23-12-10-20-13(23)2/h5-8,10,12H,4,9,11H2,1-3H3,(H,21,22,24). The van der Waals surface area contributed by atoms with E-state index in [1.54, 1.807) is 13.3 Å². The van der Waals surface area contributed by atoms with Crippen molar-refractivity contribution in [1.29, 1.82) is 0 Å². The molecule has 3 rings (SSSR count). The molecule has 6 nitrogen and oxygen atoms in total. The summed E-state index contributed by atoms with van der Waals surface area (Å²) in [6.07, 6.45) is 4.87. The predicted octanol–water partition coefficient (Wildman–Crippen LogP) is 3.91. The van der Waals surface area contributed by atoms with E-state index in [-0.39, 0.29) is 5.91 Å². The number of nitrogens with one attached hydrogen (secondary N) is 1. The molecule has 0 saturated heterocycles. The van der Waals surface area contributed by atoms with Gasteiger partial charge in [0.2, 0.25) is 5.91 Å². The predicted molar refractivity (Wildman–Crippen MR) is 104 cm³/mol. The summed E-state index contributed by atoms with van der Waals surface area (Å²) in [5.74, 6) is 1.67. The van der Waals surface area contributed by atoms with Crippen molar-refractivity contribution < 1.29 is 9.53 Å². The maximum Gasteiger partial charge on any atom is 0.227 e. The number of thiazole rings is 1. The van der Waals surface area contributed by atoms with Gasteiger partial charge in [-0.25, -0.2) is 9.97 Å². The summed E-state index contributed by atoms with van der Waals surface area (Å²) in [6, 6.07) is 7.81. The van der Waals surface area contributed by atoms with Gasteiger partial charge in [0, 0.05) is 35.8 Å². The third kappa shape index (κ3) is 4.11. The third-order valence-corrected chi connectivity index (χ3v) is 5.25. The first-order valence-electron chi connectivity index (χ1n) is 8.52. The van der Waals surface area contributed by atoms with Crippen molar-refractivity contribution in [2.75, 3.05) is 12.4 Å². The Kier molecular flexibility index (Phi) is 5.68. The summed E-state index contributed by atoms with van der Waals surface area (Å²) in [4.78, 5) is 22.2. The summed E-state index contributed by atoms with van der Waals surface area (Å²) >= 11 is 1.53. The lowest BCUT2D eigenvalue weighted by Gasteiger charge is -2.04. The van der Waals surface area contributed by atoms with Crippen LogP contribution in [-0.2, 0) is 17.8 Å². The number of ether oxygens (including phenoxy) is 1. The zero-order chi connectivity index (χ0) is 18.5. The first-order valence-corrected chi connectivity index (χ1v) is 9.34. The molecule has 0 aliphatic carbocycles. The monoisotopic (exact) mass is 370 g/mol. The molecule has 2 aromatic heterocycles. The van der Waals surface area contributed by atoms with Crippen molar-refractivity contribution in [1.82, 2.24) is 14.5 Å². The van der Waals surface area contributed by atoms with Crippen molar-refractivity contribution in [3.63, 3.8) is 0 Å². The molecule has 0 radical (unpaired) electrons. The number of imidazole rings is 1.